The highest BCUT2D eigenvalue weighted by Crippen LogP contribution is 2.46. The molecule has 0 spiro atoms. The maximum absolute atomic E-state index is 6.08. The van der Waals surface area contributed by atoms with Crippen LogP contribution < -0.4 is 5.73 Å². The molecule has 2 fully saturated rings. The summed E-state index contributed by atoms with van der Waals surface area (Å²) in [6, 6.07) is 10.9. The van der Waals surface area contributed by atoms with Gasteiger partial charge in [-0.25, -0.2) is 4.98 Å². The van der Waals surface area contributed by atoms with Crippen molar-refractivity contribution in [1.82, 2.24) is 19.6 Å². The molecule has 122 valence electrons. The molecule has 2 saturated carbocycles. The van der Waals surface area contributed by atoms with Crippen molar-refractivity contribution in [3.63, 3.8) is 0 Å². The van der Waals surface area contributed by atoms with Crippen molar-refractivity contribution in [2.24, 2.45) is 5.92 Å². The summed E-state index contributed by atoms with van der Waals surface area (Å²) in [6.07, 6.45) is 5.16. The van der Waals surface area contributed by atoms with Crippen LogP contribution in [-0.4, -0.2) is 19.6 Å². The van der Waals surface area contributed by atoms with E-state index in [4.69, 9.17) is 10.7 Å². The van der Waals surface area contributed by atoms with Crippen LogP contribution in [0.1, 0.15) is 60.2 Å². The molecule has 3 aromatic rings. The number of anilines is 1. The van der Waals surface area contributed by atoms with Crippen molar-refractivity contribution < 1.29 is 0 Å². The Morgan fingerprint density at radius 2 is 1.83 bits per heavy atom. The predicted molar refractivity (Wildman–Crippen MR) is 92.9 cm³/mol. The third kappa shape index (κ3) is 2.35. The van der Waals surface area contributed by atoms with E-state index in [1.165, 1.54) is 36.8 Å². The number of nitrogens with zero attached hydrogens (tertiary/aromatic N) is 4. The van der Waals surface area contributed by atoms with E-state index >= 15 is 0 Å². The minimum Gasteiger partial charge on any atom is -0.383 e. The van der Waals surface area contributed by atoms with Gasteiger partial charge in [0.15, 0.2) is 5.82 Å². The third-order valence-corrected chi connectivity index (χ3v) is 5.20. The maximum atomic E-state index is 6.08. The zero-order chi connectivity index (χ0) is 16.3. The van der Waals surface area contributed by atoms with E-state index in [1.54, 1.807) is 4.52 Å². The summed E-state index contributed by atoms with van der Waals surface area (Å²) in [5.74, 6) is 3.72. The molecule has 0 radical (unpaired) electrons. The van der Waals surface area contributed by atoms with Crippen molar-refractivity contribution in [3.8, 4) is 0 Å². The van der Waals surface area contributed by atoms with Crippen LogP contribution in [0.4, 0.5) is 5.82 Å². The zero-order valence-corrected chi connectivity index (χ0v) is 13.8. The third-order valence-electron chi connectivity index (χ3n) is 5.20. The van der Waals surface area contributed by atoms with Gasteiger partial charge in [0.05, 0.1) is 0 Å². The highest BCUT2D eigenvalue weighted by atomic mass is 15.4. The lowest BCUT2D eigenvalue weighted by atomic mass is 9.92. The van der Waals surface area contributed by atoms with E-state index in [2.05, 4.69) is 34.3 Å². The summed E-state index contributed by atoms with van der Waals surface area (Å²) in [7, 11) is 0. The predicted octanol–water partition coefficient (Wildman–Crippen LogP) is 3.43. The van der Waals surface area contributed by atoms with Gasteiger partial charge in [-0.1, -0.05) is 24.3 Å². The van der Waals surface area contributed by atoms with Gasteiger partial charge in [0.1, 0.15) is 5.82 Å². The van der Waals surface area contributed by atoms with Crippen molar-refractivity contribution in [2.75, 3.05) is 5.73 Å². The number of benzene rings is 1. The molecule has 0 aliphatic heterocycles. The second kappa shape index (κ2) is 5.03. The van der Waals surface area contributed by atoms with Gasteiger partial charge in [-0.05, 0) is 55.6 Å². The van der Waals surface area contributed by atoms with E-state index in [1.807, 2.05) is 13.0 Å². The molecule has 24 heavy (non-hydrogen) atoms. The Hall–Kier alpha value is -2.43. The minimum absolute atomic E-state index is 0.250. The number of aryl methyl sites for hydroxylation is 1. The molecule has 2 aliphatic rings. The van der Waals surface area contributed by atoms with Crippen LogP contribution in [0.15, 0.2) is 30.3 Å². The van der Waals surface area contributed by atoms with Gasteiger partial charge in [-0.3, -0.25) is 0 Å². The van der Waals surface area contributed by atoms with Crippen LogP contribution >= 0.6 is 0 Å². The number of aromatic nitrogens is 4. The molecule has 0 bridgehead atoms. The number of nitrogen functional groups attached to an aromatic ring is 1. The number of nitrogens with two attached hydrogens (primary N) is 1. The van der Waals surface area contributed by atoms with Gasteiger partial charge < -0.3 is 5.73 Å². The van der Waals surface area contributed by atoms with E-state index in [9.17, 15) is 0 Å². The minimum atomic E-state index is 0.250. The summed E-state index contributed by atoms with van der Waals surface area (Å²) in [4.78, 5) is 9.17. The number of hydrogen-bond donors (Lipinski definition) is 1. The molecule has 5 rings (SSSR count). The highest BCUT2D eigenvalue weighted by molar-refractivity contribution is 5.43. The van der Waals surface area contributed by atoms with Crippen LogP contribution in [0, 0.1) is 12.8 Å². The molecule has 1 atom stereocenters. The fraction of sp³-hybridized carbons (Fsp3) is 0.421. The molecule has 2 aromatic heterocycles. The lowest BCUT2D eigenvalue weighted by Gasteiger charge is -2.13. The fourth-order valence-corrected chi connectivity index (χ4v) is 3.62. The van der Waals surface area contributed by atoms with Gasteiger partial charge in [0.2, 0.25) is 0 Å². The quantitative estimate of drug-likeness (QED) is 0.800. The Bertz CT molecular complexity index is 903. The SMILES string of the molecule is Cc1cc(N)n2nc([C@@H](c3ccc(C4CC4)cc3)C3CC3)nc2n1. The highest BCUT2D eigenvalue weighted by Gasteiger charge is 2.36. The van der Waals surface area contributed by atoms with Crippen LogP contribution in [0.2, 0.25) is 0 Å². The van der Waals surface area contributed by atoms with Crippen LogP contribution in [0.25, 0.3) is 5.78 Å². The molecule has 5 nitrogen and oxygen atoms in total. The lowest BCUT2D eigenvalue weighted by Crippen LogP contribution is -2.07. The first-order valence-corrected chi connectivity index (χ1v) is 8.78. The molecule has 0 saturated heterocycles. The first kappa shape index (κ1) is 14.0. The summed E-state index contributed by atoms with van der Waals surface area (Å²) in [6.45, 7) is 1.93. The molecule has 0 amide bonds. The van der Waals surface area contributed by atoms with Gasteiger partial charge in [0.25, 0.3) is 5.78 Å². The Labute approximate surface area is 140 Å². The van der Waals surface area contributed by atoms with Crippen LogP contribution in [-0.2, 0) is 0 Å². The van der Waals surface area contributed by atoms with Gasteiger partial charge in [-0.15, -0.1) is 5.10 Å². The molecule has 5 heteroatoms. The summed E-state index contributed by atoms with van der Waals surface area (Å²) in [5, 5.41) is 4.68. The Morgan fingerprint density at radius 1 is 1.08 bits per heavy atom. The van der Waals surface area contributed by atoms with E-state index in [-0.39, 0.29) is 5.92 Å². The Balaban J connectivity index is 1.57. The van der Waals surface area contributed by atoms with Gasteiger partial charge >= 0.3 is 0 Å². The molecular formula is C19H21N5. The second-order valence-electron chi connectivity index (χ2n) is 7.26. The standard InChI is InChI=1S/C19H21N5/c1-11-10-16(20)24-19(21-11)22-18(23-24)17(15-8-9-15)14-6-4-13(5-7-14)12-2-3-12/h4-7,10,12,15,17H,2-3,8-9,20H2,1H3/t17-/m0/s1. The summed E-state index contributed by atoms with van der Waals surface area (Å²) >= 11 is 0. The average molecular weight is 319 g/mol. The van der Waals surface area contributed by atoms with Crippen molar-refractivity contribution >= 4 is 11.6 Å². The monoisotopic (exact) mass is 319 g/mol. The van der Waals surface area contributed by atoms with Gasteiger partial charge in [0, 0.05) is 17.7 Å². The van der Waals surface area contributed by atoms with E-state index < -0.39 is 0 Å². The lowest BCUT2D eigenvalue weighted by molar-refractivity contribution is 0.656. The summed E-state index contributed by atoms with van der Waals surface area (Å²) < 4.78 is 1.66. The molecule has 1 aromatic carbocycles. The number of hydrogen-bond acceptors (Lipinski definition) is 4. The first-order chi connectivity index (χ1) is 11.7. The molecule has 2 aliphatic carbocycles. The topological polar surface area (TPSA) is 69.1 Å². The summed E-state index contributed by atoms with van der Waals surface area (Å²) in [5.41, 5.74) is 9.74. The fourth-order valence-electron chi connectivity index (χ4n) is 3.62. The first-order valence-electron chi connectivity index (χ1n) is 8.78. The van der Waals surface area contributed by atoms with Crippen molar-refractivity contribution in [1.29, 1.82) is 0 Å². The molecular weight excluding hydrogens is 298 g/mol. The van der Waals surface area contributed by atoms with Crippen LogP contribution in [0.5, 0.6) is 0 Å². The largest absolute Gasteiger partial charge is 0.383 e. The van der Waals surface area contributed by atoms with Crippen molar-refractivity contribution in [3.05, 3.63) is 53.0 Å². The maximum Gasteiger partial charge on any atom is 0.254 e. The smallest absolute Gasteiger partial charge is 0.254 e. The molecule has 2 N–H and O–H groups in total. The Kier molecular flexibility index (Phi) is 2.93. The zero-order valence-electron chi connectivity index (χ0n) is 13.8. The average Bonchev–Trinajstić information content (AvgIpc) is 3.46. The Morgan fingerprint density at radius 3 is 2.50 bits per heavy atom. The van der Waals surface area contributed by atoms with Crippen molar-refractivity contribution in [2.45, 2.75) is 44.4 Å². The second-order valence-corrected chi connectivity index (χ2v) is 7.26. The van der Waals surface area contributed by atoms with E-state index in [0.717, 1.165) is 17.4 Å². The normalized spacial score (nSPS) is 18.9. The van der Waals surface area contributed by atoms with Gasteiger partial charge in [-0.2, -0.15) is 9.50 Å². The van der Waals surface area contributed by atoms with E-state index in [0.29, 0.717) is 17.5 Å². The number of rotatable bonds is 4. The molecule has 2 heterocycles. The van der Waals surface area contributed by atoms with Crippen LogP contribution in [0.3, 0.4) is 0 Å². The number of fused-ring (bicyclic) bond motifs is 1. The molecule has 0 unspecified atom stereocenters.